The molecule has 1 saturated heterocycles. The maximum atomic E-state index is 11.9. The third kappa shape index (κ3) is 3.53. The first-order valence-electron chi connectivity index (χ1n) is 7.92. The number of hydrogen-bond donors (Lipinski definition) is 1. The number of amides is 1. The minimum atomic E-state index is -0.455. The molecular formula is C17H26BNO4. The molecular weight excluding hydrogens is 293 g/mol. The minimum absolute atomic E-state index is 0.0494. The maximum absolute atomic E-state index is 11.9. The van der Waals surface area contributed by atoms with Crippen molar-refractivity contribution >= 4 is 24.2 Å². The normalized spacial score (nSPS) is 19.0. The third-order valence-corrected chi connectivity index (χ3v) is 4.53. The molecule has 1 aliphatic heterocycles. The highest BCUT2D eigenvalue weighted by atomic mass is 16.7. The molecule has 1 N–H and O–H groups in total. The smallest absolute Gasteiger partial charge is 0.494 e. The van der Waals surface area contributed by atoms with Crippen LogP contribution in [0.2, 0.25) is 0 Å². The Hall–Kier alpha value is -1.53. The van der Waals surface area contributed by atoms with Gasteiger partial charge >= 0.3 is 7.12 Å². The number of anilines is 1. The minimum Gasteiger partial charge on any atom is -0.495 e. The predicted octanol–water partition coefficient (Wildman–Crippen LogP) is 2.59. The molecule has 0 aromatic heterocycles. The summed E-state index contributed by atoms with van der Waals surface area (Å²) in [6.45, 7) is 11.8. The van der Waals surface area contributed by atoms with Crippen LogP contribution < -0.4 is 15.5 Å². The van der Waals surface area contributed by atoms with E-state index in [9.17, 15) is 4.79 Å². The molecule has 1 aliphatic rings. The Bertz CT molecular complexity index is 582. The van der Waals surface area contributed by atoms with E-state index in [4.69, 9.17) is 14.0 Å². The number of carbonyl (C=O) groups is 1. The third-order valence-electron chi connectivity index (χ3n) is 4.53. The van der Waals surface area contributed by atoms with Crippen molar-refractivity contribution in [1.29, 1.82) is 0 Å². The van der Waals surface area contributed by atoms with E-state index >= 15 is 0 Å². The second-order valence-corrected chi connectivity index (χ2v) is 7.19. The van der Waals surface area contributed by atoms with Crippen LogP contribution in [0.4, 0.5) is 5.69 Å². The van der Waals surface area contributed by atoms with Crippen LogP contribution in [0.25, 0.3) is 0 Å². The summed E-state index contributed by atoms with van der Waals surface area (Å²) in [6, 6.07) is 5.55. The molecule has 1 aromatic carbocycles. The lowest BCUT2D eigenvalue weighted by Gasteiger charge is -2.32. The molecule has 0 aliphatic carbocycles. The van der Waals surface area contributed by atoms with Crippen molar-refractivity contribution in [3.63, 3.8) is 0 Å². The fourth-order valence-electron chi connectivity index (χ4n) is 2.21. The molecule has 6 heteroatoms. The predicted molar refractivity (Wildman–Crippen MR) is 92.2 cm³/mol. The zero-order valence-corrected chi connectivity index (χ0v) is 15.0. The van der Waals surface area contributed by atoms with Crippen LogP contribution in [0.5, 0.6) is 5.75 Å². The first-order valence-corrected chi connectivity index (χ1v) is 7.92. The van der Waals surface area contributed by atoms with E-state index < -0.39 is 18.3 Å². The second kappa shape index (κ2) is 6.17. The summed E-state index contributed by atoms with van der Waals surface area (Å²) in [4.78, 5) is 11.9. The van der Waals surface area contributed by atoms with Gasteiger partial charge in [0, 0.05) is 5.92 Å². The van der Waals surface area contributed by atoms with Gasteiger partial charge in [-0.3, -0.25) is 4.79 Å². The molecule has 0 unspecified atom stereocenters. The van der Waals surface area contributed by atoms with E-state index in [0.717, 1.165) is 5.46 Å². The summed E-state index contributed by atoms with van der Waals surface area (Å²) >= 11 is 0. The van der Waals surface area contributed by atoms with Crippen molar-refractivity contribution in [2.75, 3.05) is 12.4 Å². The zero-order chi connectivity index (χ0) is 17.4. The standard InChI is InChI=1S/C17H26BNO4/c1-11(2)15(20)19-13-9-8-12(10-14(13)21-7)18-22-16(3,4)17(5,6)23-18/h8-11H,1-7H3,(H,19,20). The van der Waals surface area contributed by atoms with Gasteiger partial charge in [0.1, 0.15) is 5.75 Å². The summed E-state index contributed by atoms with van der Waals surface area (Å²) in [7, 11) is 1.12. The lowest BCUT2D eigenvalue weighted by molar-refractivity contribution is -0.118. The molecule has 23 heavy (non-hydrogen) atoms. The van der Waals surface area contributed by atoms with Crippen molar-refractivity contribution in [2.24, 2.45) is 5.92 Å². The molecule has 0 spiro atoms. The van der Waals surface area contributed by atoms with E-state index in [0.29, 0.717) is 11.4 Å². The van der Waals surface area contributed by atoms with Gasteiger partial charge in [-0.05, 0) is 45.3 Å². The van der Waals surface area contributed by atoms with Crippen LogP contribution in [0.3, 0.4) is 0 Å². The molecule has 2 rings (SSSR count). The molecule has 0 saturated carbocycles. The van der Waals surface area contributed by atoms with E-state index in [1.807, 2.05) is 59.7 Å². The van der Waals surface area contributed by atoms with Crippen LogP contribution in [0.1, 0.15) is 41.5 Å². The number of rotatable bonds is 4. The molecule has 126 valence electrons. The van der Waals surface area contributed by atoms with Gasteiger partial charge in [0.2, 0.25) is 5.91 Å². The molecule has 1 heterocycles. The van der Waals surface area contributed by atoms with Gasteiger partial charge in [0.15, 0.2) is 0 Å². The largest absolute Gasteiger partial charge is 0.495 e. The summed E-state index contributed by atoms with van der Waals surface area (Å²) < 4.78 is 17.5. The Morgan fingerprint density at radius 1 is 1.17 bits per heavy atom. The molecule has 1 aromatic rings. The SMILES string of the molecule is COc1cc(B2OC(C)(C)C(C)(C)O2)ccc1NC(=O)C(C)C. The highest BCUT2D eigenvalue weighted by molar-refractivity contribution is 6.62. The average molecular weight is 319 g/mol. The number of hydrogen-bond acceptors (Lipinski definition) is 4. The Morgan fingerprint density at radius 2 is 1.74 bits per heavy atom. The average Bonchev–Trinajstić information content (AvgIpc) is 2.67. The van der Waals surface area contributed by atoms with Gasteiger partial charge in [0.25, 0.3) is 0 Å². The summed E-state index contributed by atoms with van der Waals surface area (Å²) in [5.74, 6) is 0.445. The first kappa shape index (κ1) is 17.8. The van der Waals surface area contributed by atoms with Crippen LogP contribution in [0, 0.1) is 5.92 Å². The Labute approximate surface area is 138 Å². The highest BCUT2D eigenvalue weighted by Gasteiger charge is 2.51. The summed E-state index contributed by atoms with van der Waals surface area (Å²) in [5.41, 5.74) is 0.722. The van der Waals surface area contributed by atoms with Crippen LogP contribution >= 0.6 is 0 Å². The molecule has 5 nitrogen and oxygen atoms in total. The second-order valence-electron chi connectivity index (χ2n) is 7.19. The summed E-state index contributed by atoms with van der Waals surface area (Å²) in [6.07, 6.45) is 0. The van der Waals surface area contributed by atoms with Crippen molar-refractivity contribution in [1.82, 2.24) is 0 Å². The number of benzene rings is 1. The van der Waals surface area contributed by atoms with Gasteiger partial charge in [-0.1, -0.05) is 19.9 Å². The van der Waals surface area contributed by atoms with Crippen LogP contribution in [-0.4, -0.2) is 31.3 Å². The molecule has 0 atom stereocenters. The monoisotopic (exact) mass is 319 g/mol. The van der Waals surface area contributed by atoms with Gasteiger partial charge in [-0.15, -0.1) is 0 Å². The van der Waals surface area contributed by atoms with Crippen molar-refractivity contribution in [3.8, 4) is 5.75 Å². The maximum Gasteiger partial charge on any atom is 0.494 e. The highest BCUT2D eigenvalue weighted by Crippen LogP contribution is 2.37. The van der Waals surface area contributed by atoms with Crippen molar-refractivity contribution < 1.29 is 18.8 Å². The zero-order valence-electron chi connectivity index (χ0n) is 15.0. The topological polar surface area (TPSA) is 56.8 Å². The van der Waals surface area contributed by atoms with Gasteiger partial charge in [0.05, 0.1) is 24.0 Å². The van der Waals surface area contributed by atoms with Crippen molar-refractivity contribution in [2.45, 2.75) is 52.7 Å². The summed E-state index contributed by atoms with van der Waals surface area (Å²) in [5, 5.41) is 2.87. The molecule has 0 radical (unpaired) electrons. The fraction of sp³-hybridized carbons (Fsp3) is 0.588. The van der Waals surface area contributed by atoms with Crippen molar-refractivity contribution in [3.05, 3.63) is 18.2 Å². The number of methoxy groups -OCH3 is 1. The number of nitrogens with one attached hydrogen (secondary N) is 1. The lowest BCUT2D eigenvalue weighted by atomic mass is 9.79. The van der Waals surface area contributed by atoms with Crippen LogP contribution in [-0.2, 0) is 14.1 Å². The lowest BCUT2D eigenvalue weighted by Crippen LogP contribution is -2.41. The van der Waals surface area contributed by atoms with E-state index in [1.54, 1.807) is 7.11 Å². The fourth-order valence-corrected chi connectivity index (χ4v) is 2.21. The number of carbonyl (C=O) groups excluding carboxylic acids is 1. The Balaban J connectivity index is 2.25. The Kier molecular flexibility index (Phi) is 4.78. The van der Waals surface area contributed by atoms with E-state index in [2.05, 4.69) is 5.32 Å². The molecule has 1 fully saturated rings. The molecule has 1 amide bonds. The van der Waals surface area contributed by atoms with Gasteiger partial charge in [-0.25, -0.2) is 0 Å². The van der Waals surface area contributed by atoms with Gasteiger partial charge in [-0.2, -0.15) is 0 Å². The molecule has 0 bridgehead atoms. The van der Waals surface area contributed by atoms with E-state index in [1.165, 1.54) is 0 Å². The van der Waals surface area contributed by atoms with Gasteiger partial charge < -0.3 is 19.4 Å². The number of ether oxygens (including phenoxy) is 1. The Morgan fingerprint density at radius 3 is 2.22 bits per heavy atom. The quantitative estimate of drug-likeness (QED) is 0.867. The first-order chi connectivity index (χ1) is 10.6. The van der Waals surface area contributed by atoms with Crippen LogP contribution in [0.15, 0.2) is 18.2 Å². The van der Waals surface area contributed by atoms with E-state index in [-0.39, 0.29) is 11.8 Å².